The van der Waals surface area contributed by atoms with Crippen molar-refractivity contribution in [3.8, 4) is 0 Å². The molecule has 0 unspecified atom stereocenters. The molecule has 4 heteroatoms. The summed E-state index contributed by atoms with van der Waals surface area (Å²) in [4.78, 5) is 23.4. The van der Waals surface area contributed by atoms with Crippen LogP contribution >= 0.6 is 0 Å². The summed E-state index contributed by atoms with van der Waals surface area (Å²) < 4.78 is 0. The zero-order valence-electron chi connectivity index (χ0n) is 14.8. The lowest BCUT2D eigenvalue weighted by Gasteiger charge is -2.18. The van der Waals surface area contributed by atoms with E-state index in [0.29, 0.717) is 5.56 Å². The highest BCUT2D eigenvalue weighted by molar-refractivity contribution is 6.02. The van der Waals surface area contributed by atoms with Crippen molar-refractivity contribution in [2.24, 2.45) is 11.5 Å². The summed E-state index contributed by atoms with van der Waals surface area (Å²) in [6.07, 6.45) is -0.161. The standard InChI is InChI=1S/C23H21N2O2/c24-20(15-21(25)26)23(27)19-13-11-18(12-14-19)22(16-7-3-1-4-8-16)17-9-5-2-6-10-17/h1-14,20H,15,24H2,(H2,25,26)/t20-/m0/s1. The van der Waals surface area contributed by atoms with Gasteiger partial charge in [-0.2, -0.15) is 0 Å². The van der Waals surface area contributed by atoms with Crippen molar-refractivity contribution in [3.63, 3.8) is 0 Å². The molecule has 3 aromatic carbocycles. The van der Waals surface area contributed by atoms with Gasteiger partial charge >= 0.3 is 0 Å². The third-order valence-electron chi connectivity index (χ3n) is 4.34. The largest absolute Gasteiger partial charge is 0.370 e. The van der Waals surface area contributed by atoms with Crippen molar-refractivity contribution in [2.75, 3.05) is 0 Å². The van der Waals surface area contributed by atoms with Crippen LogP contribution in [0.5, 0.6) is 0 Å². The van der Waals surface area contributed by atoms with Gasteiger partial charge in [0.25, 0.3) is 0 Å². The van der Waals surface area contributed by atoms with Gasteiger partial charge in [-0.1, -0.05) is 84.9 Å². The number of carbonyl (C=O) groups excluding carboxylic acids is 2. The van der Waals surface area contributed by atoms with E-state index in [-0.39, 0.29) is 12.2 Å². The van der Waals surface area contributed by atoms with Gasteiger partial charge in [0, 0.05) is 12.0 Å². The van der Waals surface area contributed by atoms with Gasteiger partial charge in [-0.05, 0) is 16.7 Å². The molecule has 3 aromatic rings. The summed E-state index contributed by atoms with van der Waals surface area (Å²) in [6, 6.07) is 26.6. The summed E-state index contributed by atoms with van der Waals surface area (Å²) >= 11 is 0. The quantitative estimate of drug-likeness (QED) is 0.503. The fourth-order valence-electron chi connectivity index (χ4n) is 3.03. The highest BCUT2D eigenvalue weighted by Crippen LogP contribution is 2.30. The maximum absolute atomic E-state index is 12.4. The van der Waals surface area contributed by atoms with Crippen LogP contribution < -0.4 is 11.5 Å². The van der Waals surface area contributed by atoms with Crippen LogP contribution in [0.3, 0.4) is 0 Å². The number of benzene rings is 3. The number of amides is 1. The molecule has 1 amide bonds. The molecule has 0 aliphatic heterocycles. The van der Waals surface area contributed by atoms with E-state index in [1.54, 1.807) is 12.1 Å². The van der Waals surface area contributed by atoms with Crippen LogP contribution in [-0.4, -0.2) is 17.7 Å². The predicted molar refractivity (Wildman–Crippen MR) is 106 cm³/mol. The number of hydrogen-bond donors (Lipinski definition) is 2. The minimum Gasteiger partial charge on any atom is -0.370 e. The maximum Gasteiger partial charge on any atom is 0.219 e. The summed E-state index contributed by atoms with van der Waals surface area (Å²) in [5.41, 5.74) is 14.5. The molecule has 0 bridgehead atoms. The average molecular weight is 357 g/mol. The Morgan fingerprint density at radius 1 is 0.667 bits per heavy atom. The first kappa shape index (κ1) is 18.5. The molecule has 4 N–H and O–H groups in total. The minimum absolute atomic E-state index is 0.161. The second-order valence-corrected chi connectivity index (χ2v) is 6.33. The number of hydrogen-bond acceptors (Lipinski definition) is 3. The first-order valence-electron chi connectivity index (χ1n) is 8.72. The van der Waals surface area contributed by atoms with Gasteiger partial charge < -0.3 is 11.5 Å². The third-order valence-corrected chi connectivity index (χ3v) is 4.34. The van der Waals surface area contributed by atoms with E-state index in [1.807, 2.05) is 48.5 Å². The van der Waals surface area contributed by atoms with Gasteiger partial charge in [0.15, 0.2) is 5.78 Å². The van der Waals surface area contributed by atoms with Gasteiger partial charge in [-0.15, -0.1) is 0 Å². The lowest BCUT2D eigenvalue weighted by Crippen LogP contribution is -2.35. The fourth-order valence-corrected chi connectivity index (χ4v) is 3.03. The number of primary amides is 1. The Bertz CT molecular complexity index is 867. The zero-order valence-corrected chi connectivity index (χ0v) is 14.8. The van der Waals surface area contributed by atoms with Crippen molar-refractivity contribution in [2.45, 2.75) is 12.5 Å². The molecule has 0 heterocycles. The minimum atomic E-state index is -0.917. The van der Waals surface area contributed by atoms with E-state index >= 15 is 0 Å². The molecule has 0 saturated carbocycles. The number of carbonyl (C=O) groups is 2. The number of Topliss-reactive ketones (excluding diaryl/α,β-unsaturated/α-hetero) is 1. The number of rotatable bonds is 7. The average Bonchev–Trinajstić information content (AvgIpc) is 2.69. The van der Waals surface area contributed by atoms with Crippen molar-refractivity contribution < 1.29 is 9.59 Å². The van der Waals surface area contributed by atoms with Crippen LogP contribution in [0, 0.1) is 5.92 Å². The fraction of sp³-hybridized carbons (Fsp3) is 0.0870. The Morgan fingerprint density at radius 2 is 1.07 bits per heavy atom. The SMILES string of the molecule is NC(=O)C[C@H](N)C(=O)c1ccc([C](c2ccccc2)c2ccccc2)cc1. The molecule has 27 heavy (non-hydrogen) atoms. The van der Waals surface area contributed by atoms with E-state index in [1.165, 1.54) is 0 Å². The first-order valence-corrected chi connectivity index (χ1v) is 8.72. The topological polar surface area (TPSA) is 86.2 Å². The monoisotopic (exact) mass is 357 g/mol. The molecule has 0 saturated heterocycles. The highest BCUT2D eigenvalue weighted by Gasteiger charge is 2.20. The molecule has 135 valence electrons. The van der Waals surface area contributed by atoms with Gasteiger partial charge in [-0.3, -0.25) is 9.59 Å². The van der Waals surface area contributed by atoms with Crippen molar-refractivity contribution in [3.05, 3.63) is 113 Å². The lowest BCUT2D eigenvalue weighted by molar-refractivity contribution is -0.118. The summed E-state index contributed by atoms with van der Waals surface area (Å²) in [5, 5.41) is 0. The van der Waals surface area contributed by atoms with Crippen LogP contribution in [0.25, 0.3) is 0 Å². The Hall–Kier alpha value is -3.24. The molecular weight excluding hydrogens is 336 g/mol. The second-order valence-electron chi connectivity index (χ2n) is 6.33. The number of nitrogens with two attached hydrogens (primary N) is 2. The lowest BCUT2D eigenvalue weighted by atomic mass is 9.84. The summed E-state index contributed by atoms with van der Waals surface area (Å²) in [6.45, 7) is 0. The van der Waals surface area contributed by atoms with Gasteiger partial charge in [0.1, 0.15) is 0 Å². The van der Waals surface area contributed by atoms with Gasteiger partial charge in [0.2, 0.25) is 5.91 Å². The zero-order chi connectivity index (χ0) is 19.2. The molecule has 0 aromatic heterocycles. The Balaban J connectivity index is 1.93. The van der Waals surface area contributed by atoms with E-state index < -0.39 is 11.9 Å². The van der Waals surface area contributed by atoms with Crippen molar-refractivity contribution in [1.82, 2.24) is 0 Å². The molecular formula is C23H21N2O2. The van der Waals surface area contributed by atoms with E-state index in [4.69, 9.17) is 11.5 Å². The first-order chi connectivity index (χ1) is 13.1. The van der Waals surface area contributed by atoms with Crippen molar-refractivity contribution in [1.29, 1.82) is 0 Å². The number of ketones is 1. The Kier molecular flexibility index (Phi) is 5.79. The maximum atomic E-state index is 12.4. The molecule has 1 radical (unpaired) electrons. The normalized spacial score (nSPS) is 11.9. The van der Waals surface area contributed by atoms with E-state index in [2.05, 4.69) is 24.3 Å². The molecule has 3 rings (SSSR count). The van der Waals surface area contributed by atoms with Crippen molar-refractivity contribution >= 4 is 11.7 Å². The summed E-state index contributed by atoms with van der Waals surface area (Å²) in [7, 11) is 0. The molecule has 0 aliphatic carbocycles. The highest BCUT2D eigenvalue weighted by atomic mass is 16.1. The van der Waals surface area contributed by atoms with Crippen LogP contribution in [0.2, 0.25) is 0 Å². The molecule has 4 nitrogen and oxygen atoms in total. The Morgan fingerprint density at radius 3 is 1.52 bits per heavy atom. The third kappa shape index (κ3) is 4.49. The van der Waals surface area contributed by atoms with Crippen LogP contribution in [0.1, 0.15) is 33.5 Å². The van der Waals surface area contributed by atoms with Crippen LogP contribution in [0.15, 0.2) is 84.9 Å². The smallest absolute Gasteiger partial charge is 0.219 e. The molecule has 1 atom stereocenters. The molecule has 0 aliphatic rings. The predicted octanol–water partition coefficient (Wildman–Crippen LogP) is 3.09. The summed E-state index contributed by atoms with van der Waals surface area (Å²) in [5.74, 6) is 0.203. The molecule has 0 fully saturated rings. The molecule has 0 spiro atoms. The van der Waals surface area contributed by atoms with E-state index in [9.17, 15) is 9.59 Å². The van der Waals surface area contributed by atoms with Crippen LogP contribution in [0.4, 0.5) is 0 Å². The van der Waals surface area contributed by atoms with E-state index in [0.717, 1.165) is 22.6 Å². The van der Waals surface area contributed by atoms with Gasteiger partial charge in [-0.25, -0.2) is 0 Å². The van der Waals surface area contributed by atoms with Gasteiger partial charge in [0.05, 0.1) is 12.0 Å². The second kappa shape index (κ2) is 8.43. The Labute approximate surface area is 158 Å². The van der Waals surface area contributed by atoms with Crippen LogP contribution in [-0.2, 0) is 4.79 Å².